The largest absolute Gasteiger partial charge is 0.461 e. The van der Waals surface area contributed by atoms with E-state index in [0.29, 0.717) is 12.5 Å². The van der Waals surface area contributed by atoms with Crippen LogP contribution in [0.2, 0.25) is 0 Å². The third kappa shape index (κ3) is 4.31. The molecule has 2 rings (SSSR count). The number of ether oxygens (including phenoxy) is 1. The zero-order valence-electron chi connectivity index (χ0n) is 11.2. The lowest BCUT2D eigenvalue weighted by molar-refractivity contribution is -0.384. The fourth-order valence-electron chi connectivity index (χ4n) is 2.04. The van der Waals surface area contributed by atoms with E-state index in [1.54, 1.807) is 12.1 Å². The van der Waals surface area contributed by atoms with Gasteiger partial charge in [-0.05, 0) is 43.5 Å². The second-order valence-corrected chi connectivity index (χ2v) is 4.92. The molecule has 0 bridgehead atoms. The van der Waals surface area contributed by atoms with Crippen LogP contribution >= 0.6 is 0 Å². The van der Waals surface area contributed by atoms with Gasteiger partial charge in [0.2, 0.25) is 0 Å². The molecule has 1 aliphatic rings. The van der Waals surface area contributed by atoms with Crippen LogP contribution in [0.3, 0.4) is 0 Å². The summed E-state index contributed by atoms with van der Waals surface area (Å²) in [4.78, 5) is 21.6. The fourth-order valence-corrected chi connectivity index (χ4v) is 2.04. The second kappa shape index (κ2) is 7.00. The predicted octanol–water partition coefficient (Wildman–Crippen LogP) is 2.17. The van der Waals surface area contributed by atoms with E-state index in [0.717, 1.165) is 24.9 Å². The molecule has 1 heterocycles. The summed E-state index contributed by atoms with van der Waals surface area (Å²) < 4.78 is 5.13. The number of benzene rings is 1. The highest BCUT2D eigenvalue weighted by molar-refractivity contribution is 5.69. The van der Waals surface area contributed by atoms with Crippen molar-refractivity contribution >= 4 is 11.7 Å². The molecule has 1 N–H and O–H groups in total. The molecule has 1 saturated heterocycles. The Labute approximate surface area is 117 Å². The number of nitrogens with one attached hydrogen (secondary N) is 1. The molecule has 1 aliphatic heterocycles. The zero-order valence-corrected chi connectivity index (χ0v) is 11.2. The molecule has 0 amide bonds. The summed E-state index contributed by atoms with van der Waals surface area (Å²) >= 11 is 0. The molecule has 0 aromatic heterocycles. The van der Waals surface area contributed by atoms with E-state index in [1.807, 2.05) is 0 Å². The van der Waals surface area contributed by atoms with Gasteiger partial charge in [0.25, 0.3) is 5.69 Å². The third-order valence-electron chi connectivity index (χ3n) is 3.41. The van der Waals surface area contributed by atoms with Crippen LogP contribution in [-0.2, 0) is 16.1 Å². The number of hydrogen-bond acceptors (Lipinski definition) is 5. The van der Waals surface area contributed by atoms with Crippen molar-refractivity contribution in [3.63, 3.8) is 0 Å². The average molecular weight is 278 g/mol. The van der Waals surface area contributed by atoms with Crippen molar-refractivity contribution in [1.82, 2.24) is 5.32 Å². The fraction of sp³-hybridized carbons (Fsp3) is 0.500. The maximum absolute atomic E-state index is 11.5. The van der Waals surface area contributed by atoms with Crippen LogP contribution in [0.5, 0.6) is 0 Å². The van der Waals surface area contributed by atoms with Gasteiger partial charge < -0.3 is 10.1 Å². The van der Waals surface area contributed by atoms with E-state index in [4.69, 9.17) is 4.74 Å². The van der Waals surface area contributed by atoms with Crippen LogP contribution in [0.15, 0.2) is 24.3 Å². The first kappa shape index (κ1) is 14.5. The molecule has 20 heavy (non-hydrogen) atoms. The predicted molar refractivity (Wildman–Crippen MR) is 73.2 cm³/mol. The summed E-state index contributed by atoms with van der Waals surface area (Å²) in [6, 6.07) is 6.59. The first-order valence-corrected chi connectivity index (χ1v) is 6.77. The number of nitrogens with zero attached hydrogens (tertiary/aromatic N) is 1. The number of non-ortho nitro benzene ring substituents is 1. The van der Waals surface area contributed by atoms with Crippen LogP contribution in [0.1, 0.15) is 31.2 Å². The molecule has 0 radical (unpaired) electrons. The highest BCUT2D eigenvalue weighted by Crippen LogP contribution is 2.14. The summed E-state index contributed by atoms with van der Waals surface area (Å²) in [7, 11) is 0. The van der Waals surface area contributed by atoms with Crippen molar-refractivity contribution in [3.8, 4) is 0 Å². The maximum Gasteiger partial charge on any atom is 0.306 e. The molecule has 1 fully saturated rings. The number of rotatable bonds is 7. The van der Waals surface area contributed by atoms with Gasteiger partial charge >= 0.3 is 5.97 Å². The Hall–Kier alpha value is -1.95. The van der Waals surface area contributed by atoms with Crippen LogP contribution in [-0.4, -0.2) is 23.5 Å². The Kier molecular flexibility index (Phi) is 5.06. The molecule has 108 valence electrons. The minimum atomic E-state index is -0.454. The van der Waals surface area contributed by atoms with Crippen molar-refractivity contribution < 1.29 is 14.5 Å². The number of esters is 1. The van der Waals surface area contributed by atoms with Crippen LogP contribution in [0.25, 0.3) is 0 Å². The molecular weight excluding hydrogens is 260 g/mol. The van der Waals surface area contributed by atoms with Gasteiger partial charge in [-0.15, -0.1) is 0 Å². The number of nitro groups is 1. The molecule has 6 heteroatoms. The monoisotopic (exact) mass is 278 g/mol. The number of hydrogen-bond donors (Lipinski definition) is 1. The Balaban J connectivity index is 1.65. The van der Waals surface area contributed by atoms with Crippen molar-refractivity contribution in [1.29, 1.82) is 0 Å². The first-order chi connectivity index (χ1) is 9.65. The Morgan fingerprint density at radius 2 is 2.10 bits per heavy atom. The number of carbonyl (C=O) groups excluding carboxylic acids is 1. The second-order valence-electron chi connectivity index (χ2n) is 4.92. The van der Waals surface area contributed by atoms with E-state index in [-0.39, 0.29) is 18.3 Å². The smallest absolute Gasteiger partial charge is 0.306 e. The highest BCUT2D eigenvalue weighted by atomic mass is 16.6. The normalized spacial score (nSPS) is 17.3. The lowest BCUT2D eigenvalue weighted by atomic mass is 10.0. The lowest BCUT2D eigenvalue weighted by Gasteiger charge is -2.27. The zero-order chi connectivity index (χ0) is 14.4. The van der Waals surface area contributed by atoms with Gasteiger partial charge in [-0.1, -0.05) is 0 Å². The Bertz CT molecular complexity index is 469. The Morgan fingerprint density at radius 1 is 1.40 bits per heavy atom. The van der Waals surface area contributed by atoms with E-state index in [2.05, 4.69) is 5.32 Å². The topological polar surface area (TPSA) is 81.5 Å². The van der Waals surface area contributed by atoms with Crippen molar-refractivity contribution in [2.75, 3.05) is 6.54 Å². The standard InChI is InChI=1S/C14H18N2O4/c17-14(3-1-2-12-8-9-15-12)20-10-11-4-6-13(7-5-11)16(18)19/h4-7,12,15H,1-3,8-10H2. The molecular formula is C14H18N2O4. The third-order valence-corrected chi connectivity index (χ3v) is 3.41. The van der Waals surface area contributed by atoms with Gasteiger partial charge in [0, 0.05) is 24.6 Å². The molecule has 1 unspecified atom stereocenters. The molecule has 6 nitrogen and oxygen atoms in total. The molecule has 1 aromatic rings. The minimum Gasteiger partial charge on any atom is -0.461 e. The highest BCUT2D eigenvalue weighted by Gasteiger charge is 2.16. The maximum atomic E-state index is 11.5. The molecule has 0 saturated carbocycles. The number of nitro benzene ring substituents is 1. The molecule has 0 aliphatic carbocycles. The van der Waals surface area contributed by atoms with E-state index in [9.17, 15) is 14.9 Å². The van der Waals surface area contributed by atoms with E-state index >= 15 is 0 Å². The Morgan fingerprint density at radius 3 is 2.65 bits per heavy atom. The summed E-state index contributed by atoms with van der Waals surface area (Å²) in [5.74, 6) is -0.220. The van der Waals surface area contributed by atoms with Crippen molar-refractivity contribution in [2.45, 2.75) is 38.3 Å². The summed E-state index contributed by atoms with van der Waals surface area (Å²) in [6.07, 6.45) is 3.45. The summed E-state index contributed by atoms with van der Waals surface area (Å²) in [6.45, 7) is 1.24. The van der Waals surface area contributed by atoms with Crippen LogP contribution < -0.4 is 5.32 Å². The minimum absolute atomic E-state index is 0.0353. The molecule has 1 atom stereocenters. The van der Waals surface area contributed by atoms with E-state index < -0.39 is 4.92 Å². The quantitative estimate of drug-likeness (QED) is 0.469. The van der Waals surface area contributed by atoms with Crippen molar-refractivity contribution in [2.24, 2.45) is 0 Å². The van der Waals surface area contributed by atoms with Gasteiger partial charge in [0.1, 0.15) is 6.61 Å². The van der Waals surface area contributed by atoms with Gasteiger partial charge in [-0.25, -0.2) is 0 Å². The SMILES string of the molecule is O=C(CCCC1CCN1)OCc1ccc([N+](=O)[O-])cc1. The molecule has 0 spiro atoms. The van der Waals surface area contributed by atoms with Gasteiger partial charge in [0.05, 0.1) is 4.92 Å². The first-order valence-electron chi connectivity index (χ1n) is 6.77. The molecule has 1 aromatic carbocycles. The van der Waals surface area contributed by atoms with Gasteiger partial charge in [-0.2, -0.15) is 0 Å². The summed E-state index contributed by atoms with van der Waals surface area (Å²) in [5.41, 5.74) is 0.790. The van der Waals surface area contributed by atoms with E-state index in [1.165, 1.54) is 18.6 Å². The summed E-state index contributed by atoms with van der Waals surface area (Å²) in [5, 5.41) is 13.8. The van der Waals surface area contributed by atoms with Crippen molar-refractivity contribution in [3.05, 3.63) is 39.9 Å². The van der Waals surface area contributed by atoms with Gasteiger partial charge in [0.15, 0.2) is 0 Å². The van der Waals surface area contributed by atoms with Crippen LogP contribution in [0.4, 0.5) is 5.69 Å². The van der Waals surface area contributed by atoms with Gasteiger partial charge in [-0.3, -0.25) is 14.9 Å². The van der Waals surface area contributed by atoms with Crippen LogP contribution in [0, 0.1) is 10.1 Å². The lowest BCUT2D eigenvalue weighted by Crippen LogP contribution is -2.42. The number of carbonyl (C=O) groups is 1. The average Bonchev–Trinajstić information content (AvgIpc) is 2.39.